The van der Waals surface area contributed by atoms with Crippen molar-refractivity contribution in [2.45, 2.75) is 58.6 Å². The molecule has 0 unspecified atom stereocenters. The van der Waals surface area contributed by atoms with Gasteiger partial charge >= 0.3 is 12.1 Å². The standard InChI is InChI=1S/C18H25N3OS.C2HF3O2/c1-14-3-6-16(23-14)9-20-7-2-8-21-13-19-17(18(21)10-20)12-22-11-15-4-5-15;3-2(4,5)1(6)7/h3,6,13,15H,2,4-5,7-12H2,1H3;(H,6,7). The van der Waals surface area contributed by atoms with Gasteiger partial charge in [-0.3, -0.25) is 4.90 Å². The molecule has 0 atom stereocenters. The highest BCUT2D eigenvalue weighted by atomic mass is 32.1. The molecular formula is C20H26F3N3O3S. The van der Waals surface area contributed by atoms with E-state index in [1.165, 1.54) is 34.7 Å². The van der Waals surface area contributed by atoms with Crippen molar-refractivity contribution >= 4 is 17.3 Å². The van der Waals surface area contributed by atoms with Crippen LogP contribution in [-0.2, 0) is 35.8 Å². The summed E-state index contributed by atoms with van der Waals surface area (Å²) in [6, 6.07) is 4.49. The Morgan fingerprint density at radius 1 is 1.33 bits per heavy atom. The van der Waals surface area contributed by atoms with E-state index in [-0.39, 0.29) is 0 Å². The molecule has 6 nitrogen and oxygen atoms in total. The van der Waals surface area contributed by atoms with Gasteiger partial charge in [-0.25, -0.2) is 9.78 Å². The first-order valence-electron chi connectivity index (χ1n) is 9.90. The number of ether oxygens (including phenoxy) is 1. The third-order valence-electron chi connectivity index (χ3n) is 4.99. The molecule has 30 heavy (non-hydrogen) atoms. The molecule has 1 N–H and O–H groups in total. The number of nitrogens with zero attached hydrogens (tertiary/aromatic N) is 3. The molecule has 1 saturated carbocycles. The lowest BCUT2D eigenvalue weighted by atomic mass is 10.3. The van der Waals surface area contributed by atoms with Crippen LogP contribution in [0.5, 0.6) is 0 Å². The summed E-state index contributed by atoms with van der Waals surface area (Å²) in [6.45, 7) is 8.02. The van der Waals surface area contributed by atoms with E-state index in [9.17, 15) is 13.2 Å². The molecule has 2 aromatic rings. The Morgan fingerprint density at radius 3 is 2.67 bits per heavy atom. The zero-order chi connectivity index (χ0) is 21.7. The van der Waals surface area contributed by atoms with Crippen LogP contribution in [0, 0.1) is 12.8 Å². The van der Waals surface area contributed by atoms with E-state index < -0.39 is 12.1 Å². The predicted octanol–water partition coefficient (Wildman–Crippen LogP) is 4.22. The highest BCUT2D eigenvalue weighted by Crippen LogP contribution is 2.29. The van der Waals surface area contributed by atoms with Crippen LogP contribution in [0.4, 0.5) is 13.2 Å². The molecule has 166 valence electrons. The molecule has 0 amide bonds. The predicted molar refractivity (Wildman–Crippen MR) is 106 cm³/mol. The molecule has 0 saturated heterocycles. The Morgan fingerprint density at radius 2 is 2.07 bits per heavy atom. The van der Waals surface area contributed by atoms with Gasteiger partial charge in [0.05, 0.1) is 24.3 Å². The third-order valence-corrected chi connectivity index (χ3v) is 5.97. The second-order valence-electron chi connectivity index (χ2n) is 7.67. The fourth-order valence-corrected chi connectivity index (χ4v) is 4.17. The number of rotatable bonds is 6. The molecule has 10 heteroatoms. The number of fused-ring (bicyclic) bond motifs is 1. The number of alkyl halides is 3. The Labute approximate surface area is 177 Å². The third kappa shape index (κ3) is 6.82. The van der Waals surface area contributed by atoms with Gasteiger partial charge in [-0.2, -0.15) is 13.2 Å². The highest BCUT2D eigenvalue weighted by Gasteiger charge is 2.38. The van der Waals surface area contributed by atoms with Gasteiger partial charge in [0.2, 0.25) is 0 Å². The monoisotopic (exact) mass is 445 g/mol. The van der Waals surface area contributed by atoms with Crippen molar-refractivity contribution in [3.63, 3.8) is 0 Å². The van der Waals surface area contributed by atoms with Gasteiger partial charge in [-0.05, 0) is 44.2 Å². The number of hydrogen-bond acceptors (Lipinski definition) is 5. The van der Waals surface area contributed by atoms with Crippen LogP contribution >= 0.6 is 11.3 Å². The van der Waals surface area contributed by atoms with E-state index >= 15 is 0 Å². The zero-order valence-electron chi connectivity index (χ0n) is 16.8. The van der Waals surface area contributed by atoms with E-state index in [2.05, 4.69) is 33.5 Å². The number of imidazole rings is 1. The van der Waals surface area contributed by atoms with Crippen molar-refractivity contribution in [1.29, 1.82) is 0 Å². The number of carbonyl (C=O) groups is 1. The first kappa shape index (κ1) is 22.8. The minimum Gasteiger partial charge on any atom is -0.475 e. The normalized spacial score (nSPS) is 17.1. The fraction of sp³-hybridized carbons (Fsp3) is 0.600. The number of aromatic nitrogens is 2. The Hall–Kier alpha value is -1.91. The summed E-state index contributed by atoms with van der Waals surface area (Å²) in [5.74, 6) is -1.94. The van der Waals surface area contributed by atoms with Gasteiger partial charge in [0.15, 0.2) is 0 Å². The molecule has 0 aromatic carbocycles. The summed E-state index contributed by atoms with van der Waals surface area (Å²) in [6.07, 6.45) is 0.796. The molecule has 2 aromatic heterocycles. The Kier molecular flexibility index (Phi) is 7.54. The van der Waals surface area contributed by atoms with Gasteiger partial charge < -0.3 is 14.4 Å². The van der Waals surface area contributed by atoms with Crippen molar-refractivity contribution in [1.82, 2.24) is 14.5 Å². The van der Waals surface area contributed by atoms with Crippen LogP contribution in [0.2, 0.25) is 0 Å². The summed E-state index contributed by atoms with van der Waals surface area (Å²) in [5, 5.41) is 7.12. The molecular weight excluding hydrogens is 419 g/mol. The maximum absolute atomic E-state index is 10.6. The molecule has 0 spiro atoms. The number of aliphatic carboxylic acids is 1. The van der Waals surface area contributed by atoms with E-state index in [1.54, 1.807) is 0 Å². The lowest BCUT2D eigenvalue weighted by Crippen LogP contribution is -2.23. The largest absolute Gasteiger partial charge is 0.490 e. The van der Waals surface area contributed by atoms with E-state index in [4.69, 9.17) is 14.6 Å². The molecule has 1 aliphatic carbocycles. The van der Waals surface area contributed by atoms with Crippen LogP contribution in [0.15, 0.2) is 18.5 Å². The summed E-state index contributed by atoms with van der Waals surface area (Å²) >= 11 is 1.91. The average molecular weight is 446 g/mol. The molecule has 1 fully saturated rings. The van der Waals surface area contributed by atoms with Crippen molar-refractivity contribution in [3.05, 3.63) is 39.6 Å². The number of thiophene rings is 1. The first-order valence-corrected chi connectivity index (χ1v) is 10.7. The Balaban J connectivity index is 0.000000318. The second kappa shape index (κ2) is 9.93. The van der Waals surface area contributed by atoms with Crippen LogP contribution in [-0.4, -0.2) is 44.9 Å². The maximum atomic E-state index is 10.6. The zero-order valence-corrected chi connectivity index (χ0v) is 17.6. The van der Waals surface area contributed by atoms with Gasteiger partial charge in [-0.1, -0.05) is 0 Å². The van der Waals surface area contributed by atoms with Gasteiger partial charge in [0.25, 0.3) is 0 Å². The maximum Gasteiger partial charge on any atom is 0.490 e. The highest BCUT2D eigenvalue weighted by molar-refractivity contribution is 7.11. The average Bonchev–Trinajstić information content (AvgIpc) is 3.34. The first-order chi connectivity index (χ1) is 14.2. The van der Waals surface area contributed by atoms with Crippen molar-refractivity contribution in [2.24, 2.45) is 5.92 Å². The van der Waals surface area contributed by atoms with Gasteiger partial charge in [-0.15, -0.1) is 11.3 Å². The van der Waals surface area contributed by atoms with Crippen molar-refractivity contribution in [3.8, 4) is 0 Å². The van der Waals surface area contributed by atoms with E-state index in [0.717, 1.165) is 44.4 Å². The van der Waals surface area contributed by atoms with Crippen LogP contribution in [0.1, 0.15) is 40.4 Å². The van der Waals surface area contributed by atoms with Crippen LogP contribution in [0.25, 0.3) is 0 Å². The minimum absolute atomic E-state index is 0.671. The number of carboxylic acid groups (broad SMARTS) is 1. The lowest BCUT2D eigenvalue weighted by molar-refractivity contribution is -0.192. The summed E-state index contributed by atoms with van der Waals surface area (Å²) in [4.78, 5) is 18.9. The fourth-order valence-electron chi connectivity index (χ4n) is 3.23. The van der Waals surface area contributed by atoms with Gasteiger partial charge in [0, 0.05) is 42.5 Å². The quantitative estimate of drug-likeness (QED) is 0.721. The number of halogens is 3. The SMILES string of the molecule is Cc1ccc(CN2CCCn3cnc(COCC4CC4)c3C2)s1.O=C(O)C(F)(F)F. The van der Waals surface area contributed by atoms with Crippen LogP contribution in [0.3, 0.4) is 0 Å². The second-order valence-corrected chi connectivity index (χ2v) is 9.04. The molecule has 0 radical (unpaired) electrons. The number of carboxylic acids is 1. The molecule has 2 aliphatic rings. The van der Waals surface area contributed by atoms with Crippen LogP contribution < -0.4 is 0 Å². The molecule has 0 bridgehead atoms. The Bertz CT molecular complexity index is 846. The molecule has 3 heterocycles. The van der Waals surface area contributed by atoms with E-state index in [1.807, 2.05) is 17.7 Å². The number of aryl methyl sites for hydroxylation is 2. The van der Waals surface area contributed by atoms with Gasteiger partial charge in [0.1, 0.15) is 0 Å². The lowest BCUT2D eigenvalue weighted by Gasteiger charge is -2.19. The minimum atomic E-state index is -5.08. The van der Waals surface area contributed by atoms with Crippen molar-refractivity contribution in [2.75, 3.05) is 13.2 Å². The molecule has 1 aliphatic heterocycles. The summed E-state index contributed by atoms with van der Waals surface area (Å²) in [7, 11) is 0. The van der Waals surface area contributed by atoms with Crippen molar-refractivity contribution < 1.29 is 27.8 Å². The topological polar surface area (TPSA) is 67.6 Å². The summed E-state index contributed by atoms with van der Waals surface area (Å²) < 4.78 is 39.9. The number of hydrogen-bond donors (Lipinski definition) is 1. The van der Waals surface area contributed by atoms with E-state index in [0.29, 0.717) is 6.61 Å². The molecule has 4 rings (SSSR count). The smallest absolute Gasteiger partial charge is 0.475 e. The summed E-state index contributed by atoms with van der Waals surface area (Å²) in [5.41, 5.74) is 2.49.